The van der Waals surface area contributed by atoms with Crippen LogP contribution in [0.25, 0.3) is 0 Å². The summed E-state index contributed by atoms with van der Waals surface area (Å²) in [7, 11) is -4.22. The number of carboxylic acid groups (broad SMARTS) is 1. The van der Waals surface area contributed by atoms with Crippen LogP contribution in [0.4, 0.5) is 0 Å². The van der Waals surface area contributed by atoms with E-state index in [1.807, 2.05) is 6.92 Å². The maximum atomic E-state index is 11.2. The zero-order valence-electron chi connectivity index (χ0n) is 11.2. The Labute approximate surface area is 118 Å². The molecule has 0 heterocycles. The number of fused-ring (bicyclic) bond motifs is 1. The van der Waals surface area contributed by atoms with Crippen LogP contribution in [0.1, 0.15) is 55.6 Å². The molecule has 0 fully saturated rings. The van der Waals surface area contributed by atoms with Crippen molar-refractivity contribution >= 4 is 16.1 Å². The van der Waals surface area contributed by atoms with Gasteiger partial charge in [-0.25, -0.2) is 0 Å². The van der Waals surface area contributed by atoms with Gasteiger partial charge in [-0.1, -0.05) is 13.0 Å². The quantitative estimate of drug-likeness (QED) is 0.834. The van der Waals surface area contributed by atoms with Crippen LogP contribution in [-0.4, -0.2) is 24.0 Å². The molecule has 1 aromatic carbocycles. The first-order chi connectivity index (χ1) is 9.32. The second-order valence-electron chi connectivity index (χ2n) is 5.24. The molecule has 1 aromatic rings. The molecule has 0 bridgehead atoms. The number of hydrogen-bond acceptors (Lipinski definition) is 3. The molecule has 0 radical (unpaired) electrons. The number of aliphatic carboxylic acids is 1. The summed E-state index contributed by atoms with van der Waals surface area (Å²) in [5.74, 6) is -0.716. The Kier molecular flexibility index (Phi) is 4.15. The zero-order valence-corrected chi connectivity index (χ0v) is 12.1. The van der Waals surface area contributed by atoms with Gasteiger partial charge in [0.2, 0.25) is 0 Å². The maximum Gasteiger partial charge on any atom is 0.303 e. The summed E-state index contributed by atoms with van der Waals surface area (Å²) in [5.41, 5.74) is 1.76. The lowest BCUT2D eigenvalue weighted by Crippen LogP contribution is -2.17. The molecule has 1 aliphatic carbocycles. The van der Waals surface area contributed by atoms with Gasteiger partial charge in [-0.3, -0.25) is 9.35 Å². The molecule has 20 heavy (non-hydrogen) atoms. The lowest BCUT2D eigenvalue weighted by atomic mass is 9.74. The van der Waals surface area contributed by atoms with Gasteiger partial charge < -0.3 is 5.11 Å². The number of hydrogen-bond donors (Lipinski definition) is 2. The van der Waals surface area contributed by atoms with E-state index in [4.69, 9.17) is 9.66 Å². The van der Waals surface area contributed by atoms with Gasteiger partial charge in [0, 0.05) is 0 Å². The van der Waals surface area contributed by atoms with E-state index in [1.54, 1.807) is 6.07 Å². The molecule has 2 rings (SSSR count). The topological polar surface area (TPSA) is 91.7 Å². The zero-order chi connectivity index (χ0) is 14.9. The smallest absolute Gasteiger partial charge is 0.303 e. The molecule has 110 valence electrons. The van der Waals surface area contributed by atoms with Crippen molar-refractivity contribution in [3.63, 3.8) is 0 Å². The minimum absolute atomic E-state index is 0.0503. The Morgan fingerprint density at radius 1 is 1.25 bits per heavy atom. The SMILES string of the molecule is CCC1CCC(CC(=O)O)c2ccc(S(=O)(=O)O)cc21. The summed E-state index contributed by atoms with van der Waals surface area (Å²) >= 11 is 0. The van der Waals surface area contributed by atoms with E-state index in [9.17, 15) is 13.2 Å². The summed E-state index contributed by atoms with van der Waals surface area (Å²) in [6.45, 7) is 2.02. The highest BCUT2D eigenvalue weighted by molar-refractivity contribution is 7.85. The second-order valence-corrected chi connectivity index (χ2v) is 6.66. The fourth-order valence-corrected chi connectivity index (χ4v) is 3.51. The van der Waals surface area contributed by atoms with Crippen LogP contribution in [0.3, 0.4) is 0 Å². The van der Waals surface area contributed by atoms with Crippen molar-refractivity contribution in [2.45, 2.75) is 49.3 Å². The highest BCUT2D eigenvalue weighted by Crippen LogP contribution is 2.42. The Hall–Kier alpha value is -1.40. The highest BCUT2D eigenvalue weighted by atomic mass is 32.2. The Bertz CT molecular complexity index is 620. The molecule has 2 atom stereocenters. The van der Waals surface area contributed by atoms with E-state index < -0.39 is 16.1 Å². The predicted octanol–water partition coefficient (Wildman–Crippen LogP) is 2.78. The van der Waals surface area contributed by atoms with Gasteiger partial charge in [0.05, 0.1) is 11.3 Å². The third-order valence-electron chi connectivity index (χ3n) is 4.01. The van der Waals surface area contributed by atoms with Crippen molar-refractivity contribution in [3.8, 4) is 0 Å². The summed E-state index contributed by atoms with van der Waals surface area (Å²) < 4.78 is 31.6. The average Bonchev–Trinajstić information content (AvgIpc) is 2.37. The summed E-state index contributed by atoms with van der Waals surface area (Å²) in [5, 5.41) is 8.96. The molecular weight excluding hydrogens is 280 g/mol. The summed E-state index contributed by atoms with van der Waals surface area (Å²) in [6, 6.07) is 4.49. The van der Waals surface area contributed by atoms with Gasteiger partial charge in [-0.05, 0) is 54.4 Å². The number of carboxylic acids is 1. The fourth-order valence-electron chi connectivity index (χ4n) is 3.00. The van der Waals surface area contributed by atoms with Gasteiger partial charge >= 0.3 is 5.97 Å². The second kappa shape index (κ2) is 5.54. The molecule has 0 saturated carbocycles. The summed E-state index contributed by atoms with van der Waals surface area (Å²) in [4.78, 5) is 10.8. The molecule has 5 nitrogen and oxygen atoms in total. The van der Waals surface area contributed by atoms with Crippen molar-refractivity contribution in [2.24, 2.45) is 0 Å². The first-order valence-corrected chi connectivity index (χ1v) is 8.10. The minimum atomic E-state index is -4.22. The van der Waals surface area contributed by atoms with Crippen molar-refractivity contribution in [2.75, 3.05) is 0 Å². The molecular formula is C14H18O5S. The third-order valence-corrected chi connectivity index (χ3v) is 4.86. The molecule has 0 spiro atoms. The Balaban J connectivity index is 2.49. The first-order valence-electron chi connectivity index (χ1n) is 6.66. The molecule has 2 N–H and O–H groups in total. The predicted molar refractivity (Wildman–Crippen MR) is 73.5 cm³/mol. The van der Waals surface area contributed by atoms with E-state index in [1.165, 1.54) is 12.1 Å². The normalized spacial score (nSPS) is 22.3. The van der Waals surface area contributed by atoms with E-state index in [0.717, 1.165) is 30.4 Å². The number of carbonyl (C=O) groups is 1. The molecule has 2 unspecified atom stereocenters. The van der Waals surface area contributed by atoms with Crippen LogP contribution in [0.2, 0.25) is 0 Å². The van der Waals surface area contributed by atoms with E-state index in [0.29, 0.717) is 0 Å². The third kappa shape index (κ3) is 3.02. The minimum Gasteiger partial charge on any atom is -0.481 e. The molecule has 0 saturated heterocycles. The molecule has 1 aliphatic rings. The molecule has 0 aromatic heterocycles. The average molecular weight is 298 g/mol. The monoisotopic (exact) mass is 298 g/mol. The molecule has 0 amide bonds. The van der Waals surface area contributed by atoms with Gasteiger partial charge in [0.1, 0.15) is 0 Å². The fraction of sp³-hybridized carbons (Fsp3) is 0.500. The van der Waals surface area contributed by atoms with Crippen LogP contribution >= 0.6 is 0 Å². The van der Waals surface area contributed by atoms with E-state index in [-0.39, 0.29) is 23.2 Å². The lowest BCUT2D eigenvalue weighted by molar-refractivity contribution is -0.137. The van der Waals surface area contributed by atoms with Crippen LogP contribution in [-0.2, 0) is 14.9 Å². The van der Waals surface area contributed by atoms with E-state index >= 15 is 0 Å². The van der Waals surface area contributed by atoms with Crippen molar-refractivity contribution in [1.29, 1.82) is 0 Å². The molecule has 6 heteroatoms. The van der Waals surface area contributed by atoms with Gasteiger partial charge in [-0.2, -0.15) is 8.42 Å². The first kappa shape index (κ1) is 15.0. The largest absolute Gasteiger partial charge is 0.481 e. The Morgan fingerprint density at radius 2 is 1.90 bits per heavy atom. The number of rotatable bonds is 4. The molecule has 0 aliphatic heterocycles. The number of benzene rings is 1. The van der Waals surface area contributed by atoms with Gasteiger partial charge in [0.15, 0.2) is 0 Å². The standard InChI is InChI=1S/C14H18O5S/c1-2-9-3-4-10(7-14(15)16)12-6-5-11(8-13(9)12)20(17,18)19/h5-6,8-10H,2-4,7H2,1H3,(H,15,16)(H,17,18,19). The Morgan fingerprint density at radius 3 is 2.45 bits per heavy atom. The van der Waals surface area contributed by atoms with Gasteiger partial charge in [-0.15, -0.1) is 0 Å². The van der Waals surface area contributed by atoms with Crippen molar-refractivity contribution in [3.05, 3.63) is 29.3 Å². The maximum absolute atomic E-state index is 11.2. The van der Waals surface area contributed by atoms with Crippen molar-refractivity contribution < 1.29 is 22.9 Å². The van der Waals surface area contributed by atoms with E-state index in [2.05, 4.69) is 0 Å². The van der Waals surface area contributed by atoms with Crippen LogP contribution in [0, 0.1) is 0 Å². The van der Waals surface area contributed by atoms with Crippen LogP contribution < -0.4 is 0 Å². The van der Waals surface area contributed by atoms with Crippen molar-refractivity contribution in [1.82, 2.24) is 0 Å². The van der Waals surface area contributed by atoms with Gasteiger partial charge in [0.25, 0.3) is 10.1 Å². The summed E-state index contributed by atoms with van der Waals surface area (Å²) in [6.07, 6.45) is 2.55. The lowest BCUT2D eigenvalue weighted by Gasteiger charge is -2.30. The van der Waals surface area contributed by atoms with Crippen LogP contribution in [0.15, 0.2) is 23.1 Å². The van der Waals surface area contributed by atoms with Crippen LogP contribution in [0.5, 0.6) is 0 Å². The highest BCUT2D eigenvalue weighted by Gasteiger charge is 2.29.